The van der Waals surface area contributed by atoms with Crippen LogP contribution in [0.1, 0.15) is 42.6 Å². The van der Waals surface area contributed by atoms with Crippen LogP contribution >= 0.6 is 15.9 Å². The zero-order valence-corrected chi connectivity index (χ0v) is 16.6. The van der Waals surface area contributed by atoms with Gasteiger partial charge in [0.25, 0.3) is 5.91 Å². The average molecular weight is 415 g/mol. The van der Waals surface area contributed by atoms with Gasteiger partial charge in [-0.2, -0.15) is 0 Å². The van der Waals surface area contributed by atoms with Crippen LogP contribution in [0.2, 0.25) is 0 Å². The van der Waals surface area contributed by atoms with Gasteiger partial charge >= 0.3 is 0 Å². The summed E-state index contributed by atoms with van der Waals surface area (Å²) in [5, 5.41) is 5.93. The van der Waals surface area contributed by atoms with Crippen LogP contribution in [-0.2, 0) is 10.2 Å². The van der Waals surface area contributed by atoms with Gasteiger partial charge in [0.2, 0.25) is 5.91 Å². The van der Waals surface area contributed by atoms with Crippen LogP contribution in [0.15, 0.2) is 53.0 Å². The Morgan fingerprint density at radius 1 is 1.04 bits per heavy atom. The first-order chi connectivity index (χ1) is 12.4. The fraction of sp³-hybridized carbons (Fsp3) is 0.333. The SMILES string of the molecule is CC(C)CNC(=O)C1(c2ccc(NC(=O)c3ccc(Br)cc3)cc2)CC1. The summed E-state index contributed by atoms with van der Waals surface area (Å²) in [6, 6.07) is 14.8. The van der Waals surface area contributed by atoms with E-state index in [-0.39, 0.29) is 17.2 Å². The lowest BCUT2D eigenvalue weighted by Crippen LogP contribution is -2.36. The number of hydrogen-bond acceptors (Lipinski definition) is 2. The number of anilines is 1. The van der Waals surface area contributed by atoms with Crippen molar-refractivity contribution in [3.8, 4) is 0 Å². The van der Waals surface area contributed by atoms with E-state index in [4.69, 9.17) is 0 Å². The van der Waals surface area contributed by atoms with Crippen LogP contribution in [0.4, 0.5) is 5.69 Å². The summed E-state index contributed by atoms with van der Waals surface area (Å²) in [6.45, 7) is 4.87. The zero-order chi connectivity index (χ0) is 18.7. The zero-order valence-electron chi connectivity index (χ0n) is 15.0. The second kappa shape index (κ2) is 7.62. The molecule has 0 unspecified atom stereocenters. The molecule has 1 aliphatic rings. The van der Waals surface area contributed by atoms with E-state index in [1.54, 1.807) is 12.1 Å². The molecule has 1 saturated carbocycles. The summed E-state index contributed by atoms with van der Waals surface area (Å²) in [7, 11) is 0. The fourth-order valence-electron chi connectivity index (χ4n) is 2.91. The number of amides is 2. The summed E-state index contributed by atoms with van der Waals surface area (Å²) >= 11 is 3.36. The Kier molecular flexibility index (Phi) is 5.47. The Balaban J connectivity index is 1.66. The molecule has 2 aromatic carbocycles. The van der Waals surface area contributed by atoms with Gasteiger partial charge in [-0.3, -0.25) is 9.59 Å². The monoisotopic (exact) mass is 414 g/mol. The first kappa shape index (κ1) is 18.6. The van der Waals surface area contributed by atoms with Gasteiger partial charge < -0.3 is 10.6 Å². The number of carbonyl (C=O) groups is 2. The molecular weight excluding hydrogens is 392 g/mol. The Morgan fingerprint density at radius 3 is 2.19 bits per heavy atom. The third-order valence-corrected chi connectivity index (χ3v) is 5.19. The third-order valence-electron chi connectivity index (χ3n) is 4.66. The first-order valence-corrected chi connectivity index (χ1v) is 9.66. The fourth-order valence-corrected chi connectivity index (χ4v) is 3.18. The Bertz CT molecular complexity index is 794. The van der Waals surface area contributed by atoms with Crippen molar-refractivity contribution in [2.24, 2.45) is 5.92 Å². The topological polar surface area (TPSA) is 58.2 Å². The normalized spacial score (nSPS) is 14.8. The van der Waals surface area contributed by atoms with Crippen LogP contribution in [-0.4, -0.2) is 18.4 Å². The molecular formula is C21H23BrN2O2. The van der Waals surface area contributed by atoms with Gasteiger partial charge in [0, 0.05) is 22.3 Å². The van der Waals surface area contributed by atoms with Crippen molar-refractivity contribution < 1.29 is 9.59 Å². The standard InChI is InChI=1S/C21H23BrN2O2/c1-14(2)13-23-20(26)21(11-12-21)16-5-9-18(10-6-16)24-19(25)15-3-7-17(22)8-4-15/h3-10,14H,11-13H2,1-2H3,(H,23,26)(H,24,25). The van der Waals surface area contributed by atoms with Crippen molar-refractivity contribution in [1.82, 2.24) is 5.32 Å². The van der Waals surface area contributed by atoms with Gasteiger partial charge in [-0.05, 0) is 60.7 Å². The van der Waals surface area contributed by atoms with E-state index in [9.17, 15) is 9.59 Å². The number of carbonyl (C=O) groups excluding carboxylic acids is 2. The molecule has 136 valence electrons. The molecule has 2 N–H and O–H groups in total. The van der Waals surface area contributed by atoms with Crippen LogP contribution in [0.5, 0.6) is 0 Å². The van der Waals surface area contributed by atoms with Crippen LogP contribution in [0.25, 0.3) is 0 Å². The van der Waals surface area contributed by atoms with E-state index in [1.165, 1.54) is 0 Å². The lowest BCUT2D eigenvalue weighted by Gasteiger charge is -2.17. The maximum atomic E-state index is 12.5. The van der Waals surface area contributed by atoms with Crippen molar-refractivity contribution in [2.75, 3.05) is 11.9 Å². The predicted molar refractivity (Wildman–Crippen MR) is 107 cm³/mol. The molecule has 0 radical (unpaired) electrons. The van der Waals surface area contributed by atoms with Crippen molar-refractivity contribution in [2.45, 2.75) is 32.1 Å². The summed E-state index contributed by atoms with van der Waals surface area (Å²) in [5.41, 5.74) is 1.95. The summed E-state index contributed by atoms with van der Waals surface area (Å²) in [6.07, 6.45) is 1.75. The Morgan fingerprint density at radius 2 is 1.65 bits per heavy atom. The van der Waals surface area contributed by atoms with E-state index in [0.717, 1.165) is 28.6 Å². The minimum atomic E-state index is -0.386. The summed E-state index contributed by atoms with van der Waals surface area (Å²) in [4.78, 5) is 24.8. The highest BCUT2D eigenvalue weighted by atomic mass is 79.9. The minimum Gasteiger partial charge on any atom is -0.355 e. The highest BCUT2D eigenvalue weighted by Crippen LogP contribution is 2.48. The van der Waals surface area contributed by atoms with Gasteiger partial charge in [0.1, 0.15) is 0 Å². The van der Waals surface area contributed by atoms with Crippen LogP contribution in [0.3, 0.4) is 0 Å². The van der Waals surface area contributed by atoms with Gasteiger partial charge in [-0.25, -0.2) is 0 Å². The van der Waals surface area contributed by atoms with E-state index in [0.29, 0.717) is 18.0 Å². The van der Waals surface area contributed by atoms with Crippen molar-refractivity contribution in [1.29, 1.82) is 0 Å². The second-order valence-corrected chi connectivity index (χ2v) is 8.14. The van der Waals surface area contributed by atoms with Crippen molar-refractivity contribution in [3.63, 3.8) is 0 Å². The molecule has 3 rings (SSSR count). The van der Waals surface area contributed by atoms with Crippen LogP contribution < -0.4 is 10.6 Å². The number of benzene rings is 2. The van der Waals surface area contributed by atoms with E-state index >= 15 is 0 Å². The Labute approximate surface area is 162 Å². The molecule has 4 nitrogen and oxygen atoms in total. The van der Waals surface area contributed by atoms with E-state index in [1.807, 2.05) is 36.4 Å². The van der Waals surface area contributed by atoms with Gasteiger partial charge in [0.05, 0.1) is 5.41 Å². The molecule has 0 spiro atoms. The molecule has 2 aromatic rings. The average Bonchev–Trinajstić information content (AvgIpc) is 3.42. The van der Waals surface area contributed by atoms with Gasteiger partial charge in [0.15, 0.2) is 0 Å². The van der Waals surface area contributed by atoms with Gasteiger partial charge in [-0.15, -0.1) is 0 Å². The Hall–Kier alpha value is -2.14. The van der Waals surface area contributed by atoms with Crippen LogP contribution in [0, 0.1) is 5.92 Å². The molecule has 2 amide bonds. The minimum absolute atomic E-state index is 0.109. The summed E-state index contributed by atoms with van der Waals surface area (Å²) < 4.78 is 0.934. The quantitative estimate of drug-likeness (QED) is 0.730. The molecule has 0 bridgehead atoms. The van der Waals surface area contributed by atoms with E-state index < -0.39 is 0 Å². The maximum absolute atomic E-state index is 12.5. The number of hydrogen-bond donors (Lipinski definition) is 2. The largest absolute Gasteiger partial charge is 0.355 e. The molecule has 0 aromatic heterocycles. The second-order valence-electron chi connectivity index (χ2n) is 7.22. The molecule has 0 heterocycles. The number of rotatable bonds is 6. The lowest BCUT2D eigenvalue weighted by molar-refractivity contribution is -0.123. The van der Waals surface area contributed by atoms with Crippen molar-refractivity contribution >= 4 is 33.4 Å². The van der Waals surface area contributed by atoms with Crippen molar-refractivity contribution in [3.05, 3.63) is 64.1 Å². The number of halogens is 1. The van der Waals surface area contributed by atoms with Gasteiger partial charge in [-0.1, -0.05) is 41.9 Å². The molecule has 1 fully saturated rings. The highest BCUT2D eigenvalue weighted by molar-refractivity contribution is 9.10. The molecule has 26 heavy (non-hydrogen) atoms. The van der Waals surface area contributed by atoms with E-state index in [2.05, 4.69) is 40.4 Å². The third kappa shape index (κ3) is 4.15. The predicted octanol–water partition coefficient (Wildman–Crippen LogP) is 4.51. The molecule has 0 saturated heterocycles. The summed E-state index contributed by atoms with van der Waals surface area (Å²) in [5.74, 6) is 0.393. The maximum Gasteiger partial charge on any atom is 0.255 e. The lowest BCUT2D eigenvalue weighted by atomic mass is 9.94. The molecule has 0 aliphatic heterocycles. The number of nitrogens with one attached hydrogen (secondary N) is 2. The molecule has 0 atom stereocenters. The highest BCUT2D eigenvalue weighted by Gasteiger charge is 2.51. The first-order valence-electron chi connectivity index (χ1n) is 8.86. The smallest absolute Gasteiger partial charge is 0.255 e. The molecule has 1 aliphatic carbocycles. The molecule has 5 heteroatoms.